The molecule has 6 heteroatoms. The fraction of sp³-hybridized carbons (Fsp3) is 0.250. The number of aryl methyl sites for hydroxylation is 1. The molecule has 1 unspecified atom stereocenters. The minimum Gasteiger partial charge on any atom is -0.373 e. The first kappa shape index (κ1) is 14.5. The van der Waals surface area contributed by atoms with Gasteiger partial charge in [0, 0.05) is 32.5 Å². The third kappa shape index (κ3) is 2.92. The van der Waals surface area contributed by atoms with Crippen LogP contribution in [-0.2, 0) is 11.8 Å². The average molecular weight is 300 g/mol. The molecule has 1 aliphatic carbocycles. The van der Waals surface area contributed by atoms with Gasteiger partial charge < -0.3 is 14.6 Å². The van der Waals surface area contributed by atoms with E-state index in [-0.39, 0.29) is 12.2 Å². The molecule has 0 fully saturated rings. The van der Waals surface area contributed by atoms with Crippen LogP contribution in [0, 0.1) is 0 Å². The molecule has 1 atom stereocenters. The van der Waals surface area contributed by atoms with Crippen molar-refractivity contribution >= 4 is 16.9 Å². The zero-order valence-electron chi connectivity index (χ0n) is 12.5. The molecule has 0 aromatic carbocycles. The summed E-state index contributed by atoms with van der Waals surface area (Å²) in [6.45, 7) is 0. The third-order valence-electron chi connectivity index (χ3n) is 3.49. The van der Waals surface area contributed by atoms with Gasteiger partial charge in [0.2, 0.25) is 0 Å². The second-order valence-corrected chi connectivity index (χ2v) is 5.05. The summed E-state index contributed by atoms with van der Waals surface area (Å²) in [5.41, 5.74) is 2.58. The summed E-state index contributed by atoms with van der Waals surface area (Å²) in [7, 11) is 3.49. The van der Waals surface area contributed by atoms with Gasteiger partial charge in [0.1, 0.15) is 17.7 Å². The van der Waals surface area contributed by atoms with E-state index in [1.807, 2.05) is 36.0 Å². The lowest BCUT2D eigenvalue weighted by molar-refractivity contribution is 0.175. The zero-order chi connectivity index (χ0) is 15.5. The fourth-order valence-corrected chi connectivity index (χ4v) is 2.39. The van der Waals surface area contributed by atoms with Crippen LogP contribution in [0.5, 0.6) is 0 Å². The summed E-state index contributed by atoms with van der Waals surface area (Å²) in [6.07, 6.45) is 10.2. The number of hydrogen-bond donors (Lipinski definition) is 1. The fourth-order valence-electron chi connectivity index (χ4n) is 2.39. The molecule has 1 aliphatic rings. The first-order chi connectivity index (χ1) is 10.7. The molecule has 114 valence electrons. The van der Waals surface area contributed by atoms with Crippen molar-refractivity contribution < 1.29 is 9.13 Å². The number of allylic oxidation sites excluding steroid dienone is 3. The summed E-state index contributed by atoms with van der Waals surface area (Å²) in [5.74, 6) is 0.499. The second kappa shape index (κ2) is 6.11. The van der Waals surface area contributed by atoms with E-state index in [0.717, 1.165) is 16.7 Å². The number of fused-ring (bicyclic) bond motifs is 1. The van der Waals surface area contributed by atoms with E-state index in [4.69, 9.17) is 4.74 Å². The molecular weight excluding hydrogens is 283 g/mol. The Hall–Kier alpha value is -2.47. The Balaban J connectivity index is 1.97. The second-order valence-electron chi connectivity index (χ2n) is 5.05. The number of hydrogen-bond acceptors (Lipinski definition) is 4. The van der Waals surface area contributed by atoms with Crippen LogP contribution in [0.2, 0.25) is 0 Å². The van der Waals surface area contributed by atoms with E-state index in [1.54, 1.807) is 13.2 Å². The number of methoxy groups -OCH3 is 1. The Morgan fingerprint density at radius 3 is 3.05 bits per heavy atom. The molecule has 3 rings (SSSR count). The predicted molar refractivity (Wildman–Crippen MR) is 84.0 cm³/mol. The third-order valence-corrected chi connectivity index (χ3v) is 3.49. The molecule has 0 saturated heterocycles. The molecule has 0 spiro atoms. The molecule has 2 aromatic heterocycles. The molecule has 0 amide bonds. The van der Waals surface area contributed by atoms with Crippen molar-refractivity contribution in [2.75, 3.05) is 12.4 Å². The van der Waals surface area contributed by atoms with Crippen molar-refractivity contribution in [3.63, 3.8) is 0 Å². The Kier molecular flexibility index (Phi) is 4.02. The van der Waals surface area contributed by atoms with Crippen molar-refractivity contribution in [2.45, 2.75) is 12.5 Å². The maximum Gasteiger partial charge on any atom is 0.158 e. The lowest BCUT2D eigenvalue weighted by atomic mass is 10.1. The summed E-state index contributed by atoms with van der Waals surface area (Å²) in [4.78, 5) is 8.54. The molecule has 0 saturated carbocycles. The van der Waals surface area contributed by atoms with Crippen LogP contribution in [0.25, 0.3) is 11.0 Å². The summed E-state index contributed by atoms with van der Waals surface area (Å²) in [6, 6.07) is 1.93. The van der Waals surface area contributed by atoms with Crippen molar-refractivity contribution in [1.82, 2.24) is 14.5 Å². The van der Waals surface area contributed by atoms with Gasteiger partial charge in [-0.2, -0.15) is 0 Å². The summed E-state index contributed by atoms with van der Waals surface area (Å²) < 4.78 is 20.7. The minimum absolute atomic E-state index is 0.203. The lowest BCUT2D eigenvalue weighted by Crippen LogP contribution is -2.10. The van der Waals surface area contributed by atoms with E-state index in [1.165, 1.54) is 12.4 Å². The van der Waals surface area contributed by atoms with Crippen molar-refractivity contribution in [2.24, 2.45) is 7.05 Å². The number of ether oxygens (including phenoxy) is 1. The van der Waals surface area contributed by atoms with Crippen LogP contribution in [0.3, 0.4) is 0 Å². The molecule has 2 aromatic rings. The molecule has 0 bridgehead atoms. The van der Waals surface area contributed by atoms with E-state index in [0.29, 0.717) is 5.82 Å². The highest BCUT2D eigenvalue weighted by Gasteiger charge is 2.11. The van der Waals surface area contributed by atoms with Gasteiger partial charge in [0.15, 0.2) is 5.82 Å². The van der Waals surface area contributed by atoms with Crippen LogP contribution in [0.1, 0.15) is 6.42 Å². The first-order valence-electron chi connectivity index (χ1n) is 6.98. The van der Waals surface area contributed by atoms with Crippen LogP contribution in [0.15, 0.2) is 54.4 Å². The SMILES string of the molecule is COC1C=C(Nc2ncnc3ccn(C)c23)/C=C\C/C(F)=C\1. The van der Waals surface area contributed by atoms with Crippen molar-refractivity contribution in [1.29, 1.82) is 0 Å². The highest BCUT2D eigenvalue weighted by atomic mass is 19.1. The zero-order valence-corrected chi connectivity index (χ0v) is 12.5. The van der Waals surface area contributed by atoms with Crippen LogP contribution in [0.4, 0.5) is 10.2 Å². The van der Waals surface area contributed by atoms with E-state index >= 15 is 0 Å². The van der Waals surface area contributed by atoms with E-state index in [2.05, 4.69) is 15.3 Å². The van der Waals surface area contributed by atoms with Crippen LogP contribution >= 0.6 is 0 Å². The number of nitrogens with zero attached hydrogens (tertiary/aromatic N) is 3. The average Bonchev–Trinajstić information content (AvgIpc) is 2.87. The molecular formula is C16H17FN4O. The highest BCUT2D eigenvalue weighted by molar-refractivity contribution is 5.87. The van der Waals surface area contributed by atoms with Crippen LogP contribution < -0.4 is 5.32 Å². The van der Waals surface area contributed by atoms with Gasteiger partial charge in [-0.05, 0) is 24.3 Å². The highest BCUT2D eigenvalue weighted by Crippen LogP contribution is 2.22. The Bertz CT molecular complexity index is 776. The monoisotopic (exact) mass is 300 g/mol. The molecule has 5 nitrogen and oxygen atoms in total. The van der Waals surface area contributed by atoms with Crippen molar-refractivity contribution in [3.05, 3.63) is 54.4 Å². The van der Waals surface area contributed by atoms with Gasteiger partial charge in [-0.3, -0.25) is 0 Å². The summed E-state index contributed by atoms with van der Waals surface area (Å²) in [5, 5.41) is 3.27. The molecule has 0 aliphatic heterocycles. The normalized spacial score (nSPS) is 22.4. The maximum atomic E-state index is 13.5. The maximum absolute atomic E-state index is 13.5. The Labute approximate surface area is 127 Å². The molecule has 22 heavy (non-hydrogen) atoms. The smallest absolute Gasteiger partial charge is 0.158 e. The first-order valence-corrected chi connectivity index (χ1v) is 6.98. The molecule has 0 radical (unpaired) electrons. The molecule has 1 N–H and O–H groups in total. The van der Waals surface area contributed by atoms with Crippen LogP contribution in [-0.4, -0.2) is 27.7 Å². The van der Waals surface area contributed by atoms with E-state index < -0.39 is 6.10 Å². The number of aromatic nitrogens is 3. The lowest BCUT2D eigenvalue weighted by Gasteiger charge is -2.14. The quantitative estimate of drug-likeness (QED) is 0.946. The van der Waals surface area contributed by atoms with E-state index in [9.17, 15) is 4.39 Å². The van der Waals surface area contributed by atoms with Gasteiger partial charge >= 0.3 is 0 Å². The number of nitrogens with one attached hydrogen (secondary N) is 1. The number of halogens is 1. The number of rotatable bonds is 3. The molecule has 2 heterocycles. The van der Waals surface area contributed by atoms with Gasteiger partial charge in [0.25, 0.3) is 0 Å². The Morgan fingerprint density at radius 2 is 2.23 bits per heavy atom. The van der Waals surface area contributed by atoms with Crippen molar-refractivity contribution in [3.8, 4) is 0 Å². The minimum atomic E-state index is -0.418. The van der Waals surface area contributed by atoms with Gasteiger partial charge in [0.05, 0.1) is 11.6 Å². The largest absolute Gasteiger partial charge is 0.373 e. The standard InChI is InChI=1S/C16H17FN4O/c1-21-7-6-14-15(21)16(19-10-18-14)20-12-5-3-4-11(17)8-13(9-12)22-2/h3,5-10,13H,4H2,1-2H3,(H,18,19,20)/b5-3-,11-8+,12-9?. The Morgan fingerprint density at radius 1 is 1.36 bits per heavy atom. The van der Waals surface area contributed by atoms with Gasteiger partial charge in [-0.15, -0.1) is 0 Å². The van der Waals surface area contributed by atoms with Gasteiger partial charge in [-0.25, -0.2) is 14.4 Å². The number of anilines is 1. The topological polar surface area (TPSA) is 52.0 Å². The summed E-state index contributed by atoms with van der Waals surface area (Å²) >= 11 is 0. The predicted octanol–water partition coefficient (Wildman–Crippen LogP) is 3.09. The van der Waals surface area contributed by atoms with Gasteiger partial charge in [-0.1, -0.05) is 6.08 Å².